The van der Waals surface area contributed by atoms with Crippen LogP contribution < -0.4 is 5.73 Å². The zero-order valence-electron chi connectivity index (χ0n) is 32.8. The molecule has 9 nitrogen and oxygen atoms in total. The van der Waals surface area contributed by atoms with Gasteiger partial charge in [0.2, 0.25) is 0 Å². The predicted octanol–water partition coefficient (Wildman–Crippen LogP) is 11.6. The number of esters is 2. The van der Waals surface area contributed by atoms with E-state index in [1.54, 1.807) is 0 Å². The standard InChI is InChI=1S/C41H78NO8P/c1-3-5-7-9-11-13-15-17-18-19-20-22-24-26-28-30-32-34-41(44)50-39(38-49-51(45,46)48-36-35-42)37-47-40(43)33-31-29-27-25-23-21-16-14-12-10-8-6-4-2/h14,16-18,39H,3-13,15,19-38,42H2,1-2H3,(H,45,46)/b16-14-,18-17-. The Morgan fingerprint density at radius 3 is 1.41 bits per heavy atom. The van der Waals surface area contributed by atoms with Crippen molar-refractivity contribution in [3.63, 3.8) is 0 Å². The zero-order valence-corrected chi connectivity index (χ0v) is 33.7. The molecule has 0 aliphatic carbocycles. The molecule has 0 saturated heterocycles. The first-order valence-electron chi connectivity index (χ1n) is 20.8. The molecule has 0 aromatic rings. The number of nitrogens with two attached hydrogens (primary N) is 1. The van der Waals surface area contributed by atoms with E-state index in [0.717, 1.165) is 64.2 Å². The van der Waals surface area contributed by atoms with Gasteiger partial charge in [-0.3, -0.25) is 18.6 Å². The van der Waals surface area contributed by atoms with Gasteiger partial charge in [-0.1, -0.05) is 141 Å². The van der Waals surface area contributed by atoms with Crippen molar-refractivity contribution in [3.05, 3.63) is 24.3 Å². The molecule has 51 heavy (non-hydrogen) atoms. The minimum absolute atomic E-state index is 0.0525. The van der Waals surface area contributed by atoms with Crippen LogP contribution >= 0.6 is 7.82 Å². The Labute approximate surface area is 312 Å². The quantitative estimate of drug-likeness (QED) is 0.0273. The molecular weight excluding hydrogens is 665 g/mol. The molecule has 0 amide bonds. The Hall–Kier alpha value is -1.51. The lowest BCUT2D eigenvalue weighted by Gasteiger charge is -2.19. The summed E-state index contributed by atoms with van der Waals surface area (Å²) in [5, 5.41) is 0. The smallest absolute Gasteiger partial charge is 0.462 e. The molecule has 0 rings (SSSR count). The lowest BCUT2D eigenvalue weighted by atomic mass is 10.1. The van der Waals surface area contributed by atoms with E-state index >= 15 is 0 Å². The average molecular weight is 744 g/mol. The topological polar surface area (TPSA) is 134 Å². The van der Waals surface area contributed by atoms with E-state index in [9.17, 15) is 19.0 Å². The number of rotatable bonds is 39. The Morgan fingerprint density at radius 1 is 0.569 bits per heavy atom. The van der Waals surface area contributed by atoms with Gasteiger partial charge in [-0.05, 0) is 64.2 Å². The molecule has 0 bridgehead atoms. The highest BCUT2D eigenvalue weighted by Crippen LogP contribution is 2.43. The van der Waals surface area contributed by atoms with E-state index in [2.05, 4.69) is 38.2 Å². The number of phosphoric ester groups is 1. The Bertz CT molecular complexity index is 897. The number of unbranched alkanes of at least 4 members (excludes halogenated alkanes) is 22. The minimum atomic E-state index is -4.37. The molecule has 0 heterocycles. The molecule has 300 valence electrons. The molecule has 0 aliphatic heterocycles. The van der Waals surface area contributed by atoms with E-state index in [-0.39, 0.29) is 32.6 Å². The first-order chi connectivity index (χ1) is 24.8. The Balaban J connectivity index is 4.18. The van der Waals surface area contributed by atoms with Gasteiger partial charge in [0.05, 0.1) is 13.2 Å². The molecule has 3 N–H and O–H groups in total. The Kier molecular flexibility index (Phi) is 37.1. The molecule has 0 aromatic heterocycles. The molecule has 0 spiro atoms. The fraction of sp³-hybridized carbons (Fsp3) is 0.854. The summed E-state index contributed by atoms with van der Waals surface area (Å²) in [5.74, 6) is -0.841. The van der Waals surface area contributed by atoms with Gasteiger partial charge in [-0.25, -0.2) is 4.57 Å². The lowest BCUT2D eigenvalue weighted by molar-refractivity contribution is -0.161. The molecule has 10 heteroatoms. The van der Waals surface area contributed by atoms with E-state index < -0.39 is 32.5 Å². The van der Waals surface area contributed by atoms with Crippen molar-refractivity contribution in [2.75, 3.05) is 26.4 Å². The number of carbonyl (C=O) groups is 2. The van der Waals surface area contributed by atoms with Crippen molar-refractivity contribution in [2.45, 2.75) is 200 Å². The van der Waals surface area contributed by atoms with E-state index in [0.29, 0.717) is 6.42 Å². The van der Waals surface area contributed by atoms with Crippen LogP contribution in [0.1, 0.15) is 194 Å². The molecular formula is C41H78NO8P. The van der Waals surface area contributed by atoms with Crippen LogP contribution in [0.15, 0.2) is 24.3 Å². The number of hydrogen-bond acceptors (Lipinski definition) is 8. The summed E-state index contributed by atoms with van der Waals surface area (Å²) >= 11 is 0. The lowest BCUT2D eigenvalue weighted by Crippen LogP contribution is -2.29. The van der Waals surface area contributed by atoms with Gasteiger partial charge in [0.1, 0.15) is 6.61 Å². The zero-order chi connectivity index (χ0) is 37.5. The SMILES string of the molecule is CCCCCC/C=C\CCCCCCCC(=O)OCC(COP(=O)(O)OCCN)OC(=O)CCCCCCCCC/C=C\CCCCCCCC. The monoisotopic (exact) mass is 744 g/mol. The minimum Gasteiger partial charge on any atom is -0.462 e. The second kappa shape index (κ2) is 38.2. The van der Waals surface area contributed by atoms with E-state index in [1.165, 1.54) is 96.3 Å². The summed E-state index contributed by atoms with van der Waals surface area (Å²) < 4.78 is 32.7. The summed E-state index contributed by atoms with van der Waals surface area (Å²) in [4.78, 5) is 34.8. The van der Waals surface area contributed by atoms with Gasteiger partial charge < -0.3 is 20.1 Å². The fourth-order valence-corrected chi connectivity index (χ4v) is 6.45. The van der Waals surface area contributed by atoms with E-state index in [1.807, 2.05) is 0 Å². The molecule has 0 aromatic carbocycles. The maximum atomic E-state index is 12.6. The van der Waals surface area contributed by atoms with Crippen LogP contribution in [0.4, 0.5) is 0 Å². The first-order valence-corrected chi connectivity index (χ1v) is 22.3. The van der Waals surface area contributed by atoms with Gasteiger partial charge in [-0.2, -0.15) is 0 Å². The maximum Gasteiger partial charge on any atom is 0.472 e. The van der Waals surface area contributed by atoms with Crippen molar-refractivity contribution in [3.8, 4) is 0 Å². The highest BCUT2D eigenvalue weighted by molar-refractivity contribution is 7.47. The number of phosphoric acid groups is 1. The third-order valence-electron chi connectivity index (χ3n) is 8.81. The van der Waals surface area contributed by atoms with Crippen molar-refractivity contribution in [1.29, 1.82) is 0 Å². The van der Waals surface area contributed by atoms with Crippen molar-refractivity contribution < 1.29 is 37.6 Å². The molecule has 2 unspecified atom stereocenters. The van der Waals surface area contributed by atoms with Crippen LogP contribution in [0.5, 0.6) is 0 Å². The van der Waals surface area contributed by atoms with Gasteiger partial charge >= 0.3 is 19.8 Å². The molecule has 0 fully saturated rings. The molecule has 2 atom stereocenters. The number of carbonyl (C=O) groups excluding carboxylic acids is 2. The summed E-state index contributed by atoms with van der Waals surface area (Å²) in [6.45, 7) is 3.70. The van der Waals surface area contributed by atoms with Gasteiger partial charge in [0, 0.05) is 19.4 Å². The third-order valence-corrected chi connectivity index (χ3v) is 9.79. The van der Waals surface area contributed by atoms with Crippen molar-refractivity contribution in [1.82, 2.24) is 0 Å². The first kappa shape index (κ1) is 49.5. The molecule has 0 aliphatic rings. The largest absolute Gasteiger partial charge is 0.472 e. The average Bonchev–Trinajstić information content (AvgIpc) is 3.11. The number of ether oxygens (including phenoxy) is 2. The summed E-state index contributed by atoms with van der Waals surface area (Å²) in [6, 6.07) is 0. The maximum absolute atomic E-state index is 12.6. The van der Waals surface area contributed by atoms with Crippen molar-refractivity contribution >= 4 is 19.8 Å². The van der Waals surface area contributed by atoms with Gasteiger partial charge in [0.15, 0.2) is 6.10 Å². The van der Waals surface area contributed by atoms with E-state index in [4.69, 9.17) is 24.3 Å². The molecule has 0 saturated carbocycles. The predicted molar refractivity (Wildman–Crippen MR) is 211 cm³/mol. The second-order valence-corrected chi connectivity index (χ2v) is 15.3. The second-order valence-electron chi connectivity index (χ2n) is 13.8. The van der Waals surface area contributed by atoms with Crippen LogP contribution in [0.25, 0.3) is 0 Å². The van der Waals surface area contributed by atoms with Crippen LogP contribution in [0.2, 0.25) is 0 Å². The highest BCUT2D eigenvalue weighted by atomic mass is 31.2. The normalized spacial score (nSPS) is 13.6. The summed E-state index contributed by atoms with van der Waals surface area (Å²) in [6.07, 6.45) is 39.2. The van der Waals surface area contributed by atoms with Gasteiger partial charge in [-0.15, -0.1) is 0 Å². The summed E-state index contributed by atoms with van der Waals surface area (Å²) in [7, 11) is -4.37. The number of hydrogen-bond donors (Lipinski definition) is 2. The van der Waals surface area contributed by atoms with Crippen LogP contribution in [0.3, 0.4) is 0 Å². The fourth-order valence-electron chi connectivity index (χ4n) is 5.68. The van der Waals surface area contributed by atoms with Crippen LogP contribution in [0, 0.1) is 0 Å². The number of allylic oxidation sites excluding steroid dienone is 4. The van der Waals surface area contributed by atoms with Crippen molar-refractivity contribution in [2.24, 2.45) is 5.73 Å². The highest BCUT2D eigenvalue weighted by Gasteiger charge is 2.26. The van der Waals surface area contributed by atoms with Crippen LogP contribution in [-0.2, 0) is 32.7 Å². The summed E-state index contributed by atoms with van der Waals surface area (Å²) in [5.41, 5.74) is 5.34. The van der Waals surface area contributed by atoms with Crippen LogP contribution in [-0.4, -0.2) is 49.3 Å². The Morgan fingerprint density at radius 2 is 0.961 bits per heavy atom. The molecule has 0 radical (unpaired) electrons. The third kappa shape index (κ3) is 38.0. The van der Waals surface area contributed by atoms with Gasteiger partial charge in [0.25, 0.3) is 0 Å².